The van der Waals surface area contributed by atoms with Gasteiger partial charge in [0, 0.05) is 37.3 Å². The van der Waals surface area contributed by atoms with Crippen LogP contribution in [0.3, 0.4) is 0 Å². The highest BCUT2D eigenvalue weighted by atomic mass is 16.1. The van der Waals surface area contributed by atoms with Gasteiger partial charge in [-0.3, -0.25) is 9.69 Å². The van der Waals surface area contributed by atoms with Crippen LogP contribution in [-0.2, 0) is 6.54 Å². The highest BCUT2D eigenvalue weighted by Gasteiger charge is 2.22. The lowest BCUT2D eigenvalue weighted by Crippen LogP contribution is -2.36. The number of carbonyl (C=O) groups excluding carboxylic acids is 1. The van der Waals surface area contributed by atoms with Crippen molar-refractivity contribution in [2.75, 3.05) is 13.1 Å². The Kier molecular flexibility index (Phi) is 5.15. The van der Waals surface area contributed by atoms with Crippen molar-refractivity contribution in [2.45, 2.75) is 38.9 Å². The van der Waals surface area contributed by atoms with Gasteiger partial charge >= 0.3 is 0 Å². The molecule has 0 radical (unpaired) electrons. The van der Waals surface area contributed by atoms with Crippen LogP contribution in [0.4, 0.5) is 0 Å². The molecule has 1 amide bonds. The summed E-state index contributed by atoms with van der Waals surface area (Å²) in [6.07, 6.45) is 1.21. The molecule has 1 aliphatic rings. The third-order valence-corrected chi connectivity index (χ3v) is 5.25. The normalized spacial score (nSPS) is 17.6. The second kappa shape index (κ2) is 7.73. The van der Waals surface area contributed by atoms with E-state index in [1.807, 2.05) is 12.1 Å². The summed E-state index contributed by atoms with van der Waals surface area (Å²) in [7, 11) is 0. The maximum atomic E-state index is 11.6. The molecular weight excluding hydrogens is 350 g/mol. The minimum atomic E-state index is -0.463. The molecule has 28 heavy (non-hydrogen) atoms. The van der Waals surface area contributed by atoms with Crippen molar-refractivity contribution in [1.29, 1.82) is 0 Å². The number of aromatic nitrogens is 2. The van der Waals surface area contributed by atoms with Crippen LogP contribution in [0, 0.1) is 0 Å². The zero-order valence-electron chi connectivity index (χ0n) is 16.4. The van der Waals surface area contributed by atoms with Crippen LogP contribution < -0.4 is 11.1 Å². The van der Waals surface area contributed by atoms with Crippen molar-refractivity contribution in [3.8, 4) is 11.4 Å². The Labute approximate surface area is 165 Å². The number of amides is 1. The maximum Gasteiger partial charge on any atom is 0.250 e. The molecule has 0 aliphatic carbocycles. The molecule has 6 nitrogen and oxygen atoms in total. The summed E-state index contributed by atoms with van der Waals surface area (Å²) >= 11 is 0. The van der Waals surface area contributed by atoms with Gasteiger partial charge in [-0.2, -0.15) is 0 Å². The number of hydrogen-bond donors (Lipinski definition) is 3. The number of carbonyl (C=O) groups is 1. The first kappa shape index (κ1) is 18.7. The number of nitrogens with one attached hydrogen (secondary N) is 2. The van der Waals surface area contributed by atoms with Crippen LogP contribution in [0.5, 0.6) is 0 Å². The van der Waals surface area contributed by atoms with E-state index in [-0.39, 0.29) is 0 Å². The molecule has 6 heteroatoms. The first-order valence-corrected chi connectivity index (χ1v) is 9.86. The molecule has 0 bridgehead atoms. The molecule has 1 atom stereocenters. The zero-order valence-corrected chi connectivity index (χ0v) is 16.4. The smallest absolute Gasteiger partial charge is 0.250 e. The van der Waals surface area contributed by atoms with Gasteiger partial charge in [-0.25, -0.2) is 4.98 Å². The first-order valence-electron chi connectivity index (χ1n) is 9.86. The zero-order chi connectivity index (χ0) is 19.7. The monoisotopic (exact) mass is 377 g/mol. The van der Waals surface area contributed by atoms with E-state index < -0.39 is 5.91 Å². The number of nitrogens with zero attached hydrogens (tertiary/aromatic N) is 2. The summed E-state index contributed by atoms with van der Waals surface area (Å²) < 4.78 is 0. The highest BCUT2D eigenvalue weighted by molar-refractivity contribution is 6.04. The van der Waals surface area contributed by atoms with Gasteiger partial charge in [0.1, 0.15) is 11.3 Å². The molecule has 0 saturated carbocycles. The van der Waals surface area contributed by atoms with E-state index in [9.17, 15) is 4.79 Å². The molecule has 3 aromatic rings. The van der Waals surface area contributed by atoms with E-state index in [1.54, 1.807) is 6.07 Å². The Hall–Kier alpha value is -2.70. The lowest BCUT2D eigenvalue weighted by Gasteiger charge is -2.18. The van der Waals surface area contributed by atoms with Crippen molar-refractivity contribution >= 4 is 16.9 Å². The van der Waals surface area contributed by atoms with Gasteiger partial charge in [0.15, 0.2) is 0 Å². The summed E-state index contributed by atoms with van der Waals surface area (Å²) in [6, 6.07) is 15.0. The van der Waals surface area contributed by atoms with Crippen molar-refractivity contribution in [1.82, 2.24) is 20.2 Å². The Bertz CT molecular complexity index is 976. The molecule has 1 aliphatic heterocycles. The second-order valence-corrected chi connectivity index (χ2v) is 7.89. The summed E-state index contributed by atoms with van der Waals surface area (Å²) in [4.78, 5) is 22.0. The van der Waals surface area contributed by atoms with Crippen LogP contribution in [0.1, 0.15) is 36.2 Å². The molecule has 1 fully saturated rings. The van der Waals surface area contributed by atoms with Crippen LogP contribution in [-0.4, -0.2) is 45.9 Å². The summed E-state index contributed by atoms with van der Waals surface area (Å²) in [5, 5.41) is 3.63. The molecule has 1 aromatic heterocycles. The van der Waals surface area contributed by atoms with Crippen molar-refractivity contribution in [3.63, 3.8) is 0 Å². The number of nitrogens with two attached hydrogens (primary N) is 1. The van der Waals surface area contributed by atoms with E-state index in [2.05, 4.69) is 58.3 Å². The molecule has 4 N–H and O–H groups in total. The van der Waals surface area contributed by atoms with Gasteiger partial charge in [0.2, 0.25) is 0 Å². The Morgan fingerprint density at radius 2 is 2.07 bits per heavy atom. The van der Waals surface area contributed by atoms with Gasteiger partial charge in [-0.1, -0.05) is 44.2 Å². The first-order chi connectivity index (χ1) is 13.5. The molecule has 1 unspecified atom stereocenters. The summed E-state index contributed by atoms with van der Waals surface area (Å²) in [5.41, 5.74) is 9.63. The Morgan fingerprint density at radius 3 is 2.79 bits per heavy atom. The largest absolute Gasteiger partial charge is 0.366 e. The number of aromatic amines is 1. The third-order valence-electron chi connectivity index (χ3n) is 5.25. The average Bonchev–Trinajstić information content (AvgIpc) is 3.28. The number of para-hydroxylation sites is 1. The highest BCUT2D eigenvalue weighted by Crippen LogP contribution is 2.24. The van der Waals surface area contributed by atoms with Gasteiger partial charge < -0.3 is 16.0 Å². The number of imidazole rings is 1. The van der Waals surface area contributed by atoms with Crippen molar-refractivity contribution in [2.24, 2.45) is 5.73 Å². The lowest BCUT2D eigenvalue weighted by molar-refractivity contribution is 0.100. The molecule has 2 aromatic carbocycles. The SMILES string of the molecule is CC(C)NC1CCN(Cc2ccc(-c3nc4c(C(N)=O)cccc4[nH]3)cc2)C1. The Morgan fingerprint density at radius 1 is 1.29 bits per heavy atom. The van der Waals surface area contributed by atoms with Gasteiger partial charge in [-0.15, -0.1) is 0 Å². The predicted molar refractivity (Wildman–Crippen MR) is 112 cm³/mol. The lowest BCUT2D eigenvalue weighted by atomic mass is 10.1. The number of primary amides is 1. The fourth-order valence-electron chi connectivity index (χ4n) is 3.98. The minimum Gasteiger partial charge on any atom is -0.366 e. The summed E-state index contributed by atoms with van der Waals surface area (Å²) in [5.74, 6) is 0.285. The molecule has 4 rings (SSSR count). The molecule has 1 saturated heterocycles. The van der Waals surface area contributed by atoms with Crippen molar-refractivity contribution in [3.05, 3.63) is 53.6 Å². The molecule has 0 spiro atoms. The standard InChI is InChI=1S/C22H27N5O/c1-14(2)24-17-10-11-27(13-17)12-15-6-8-16(9-7-15)22-25-19-5-3-4-18(21(23)28)20(19)26-22/h3-9,14,17,24H,10-13H2,1-2H3,(H2,23,28)(H,25,26). The predicted octanol–water partition coefficient (Wildman–Crippen LogP) is 2.90. The van der Waals surface area contributed by atoms with Crippen LogP contribution in [0.2, 0.25) is 0 Å². The molecule has 146 valence electrons. The van der Waals surface area contributed by atoms with Crippen LogP contribution in [0.25, 0.3) is 22.4 Å². The summed E-state index contributed by atoms with van der Waals surface area (Å²) in [6.45, 7) is 7.59. The number of likely N-dealkylation sites (tertiary alicyclic amines) is 1. The average molecular weight is 377 g/mol. The second-order valence-electron chi connectivity index (χ2n) is 7.89. The third kappa shape index (κ3) is 3.93. The van der Waals surface area contributed by atoms with Gasteiger partial charge in [0.25, 0.3) is 5.91 Å². The number of hydrogen-bond acceptors (Lipinski definition) is 4. The number of benzene rings is 2. The number of H-pyrrole nitrogens is 1. The van der Waals surface area contributed by atoms with Gasteiger partial charge in [0.05, 0.1) is 11.1 Å². The van der Waals surface area contributed by atoms with Crippen LogP contribution in [0.15, 0.2) is 42.5 Å². The van der Waals surface area contributed by atoms with E-state index in [0.717, 1.165) is 36.5 Å². The van der Waals surface area contributed by atoms with Crippen molar-refractivity contribution < 1.29 is 4.79 Å². The fourth-order valence-corrected chi connectivity index (χ4v) is 3.98. The number of fused-ring (bicyclic) bond motifs is 1. The fraction of sp³-hybridized carbons (Fsp3) is 0.364. The Balaban J connectivity index is 1.47. The van der Waals surface area contributed by atoms with E-state index >= 15 is 0 Å². The molecular formula is C22H27N5O. The number of rotatable bonds is 6. The minimum absolute atomic E-state index is 0.440. The quantitative estimate of drug-likeness (QED) is 0.616. The maximum absolute atomic E-state index is 11.6. The van der Waals surface area contributed by atoms with E-state index in [4.69, 9.17) is 5.73 Å². The van der Waals surface area contributed by atoms with E-state index in [1.165, 1.54) is 12.0 Å². The van der Waals surface area contributed by atoms with Crippen LogP contribution >= 0.6 is 0 Å². The van der Waals surface area contributed by atoms with Gasteiger partial charge in [-0.05, 0) is 24.1 Å². The topological polar surface area (TPSA) is 87.0 Å². The molecule has 2 heterocycles. The van der Waals surface area contributed by atoms with E-state index in [0.29, 0.717) is 23.2 Å².